The SMILES string of the molecule is CC(=O)O[C@H]1C[C@@H](O)CC[C@]23C#C[C@@H]4CCC[C@]5(C[C@H](CCN5)Oc5cc(c(C(O)O)cc5O)C[C@H]41)[C@H]1CC[C@H](CN1)SSC[C@]1(C[C@]45CCC[C@@H]4C=C4CC[C@H]6CC[C@@H]7CC[C@H]5[C@H]4[C@]761)NC(N)=N[C@@H]2C=CC[C@H]3O. The zero-order valence-corrected chi connectivity index (χ0v) is 45.7. The van der Waals surface area contributed by atoms with E-state index in [9.17, 15) is 30.3 Å². The molecule has 13 aliphatic rings. The Hall–Kier alpha value is -2.94. The number of guanidine groups is 1. The third-order valence-electron chi connectivity index (χ3n) is 22.8. The van der Waals surface area contributed by atoms with Crippen LogP contribution in [0.3, 0.4) is 0 Å². The van der Waals surface area contributed by atoms with Gasteiger partial charge in [0, 0.05) is 71.7 Å². The third kappa shape index (κ3) is 8.38. The van der Waals surface area contributed by atoms with Gasteiger partial charge in [-0.25, -0.2) is 4.99 Å². The number of allylic oxidation sites excluding steroid dienone is 2. The molecule has 15 heteroatoms. The lowest BCUT2D eigenvalue weighted by Crippen LogP contribution is -2.78. The first-order valence-electron chi connectivity index (χ1n) is 29.4. The molecule has 0 radical (unpaired) electrons. The Morgan fingerprint density at radius 2 is 1.84 bits per heavy atom. The molecule has 13 nitrogen and oxygen atoms in total. The summed E-state index contributed by atoms with van der Waals surface area (Å²) in [5, 5.41) is 71.1. The summed E-state index contributed by atoms with van der Waals surface area (Å²) >= 11 is 0. The van der Waals surface area contributed by atoms with E-state index in [1.54, 1.807) is 11.6 Å². The summed E-state index contributed by atoms with van der Waals surface area (Å²) in [5.74, 6) is 10.9. The van der Waals surface area contributed by atoms with E-state index in [4.69, 9.17) is 20.2 Å². The van der Waals surface area contributed by atoms with Gasteiger partial charge in [0.05, 0.1) is 29.2 Å². The van der Waals surface area contributed by atoms with Gasteiger partial charge in [0.1, 0.15) is 12.2 Å². The summed E-state index contributed by atoms with van der Waals surface area (Å²) in [5.41, 5.74) is 8.69. The molecule has 19 atom stereocenters. The highest BCUT2D eigenvalue weighted by atomic mass is 33.1. The Bertz CT molecular complexity index is 2540. The molecule has 7 fully saturated rings. The Balaban J connectivity index is 0.980. The van der Waals surface area contributed by atoms with E-state index in [0.717, 1.165) is 69.7 Å². The average molecular weight is 1070 g/mol. The quantitative estimate of drug-likeness (QED) is 0.0463. The fourth-order valence-electron chi connectivity index (χ4n) is 20.0. The Morgan fingerprint density at radius 3 is 2.67 bits per heavy atom. The number of benzene rings is 1. The van der Waals surface area contributed by atoms with Gasteiger partial charge >= 0.3 is 5.97 Å². The van der Waals surface area contributed by atoms with E-state index in [-0.39, 0.29) is 70.4 Å². The van der Waals surface area contributed by atoms with Gasteiger partial charge in [-0.1, -0.05) is 70.1 Å². The summed E-state index contributed by atoms with van der Waals surface area (Å²) < 4.78 is 13.1. The number of rotatable bonds is 2. The van der Waals surface area contributed by atoms with Crippen LogP contribution in [0.4, 0.5) is 0 Å². The number of phenolic OH excluding ortho intramolecular Hbond substituents is 1. The number of phenols is 1. The number of nitrogens with two attached hydrogens (primary N) is 1. The van der Waals surface area contributed by atoms with E-state index in [1.165, 1.54) is 70.8 Å². The molecular weight excluding hydrogens is 983 g/mol. The van der Waals surface area contributed by atoms with Crippen LogP contribution in [-0.4, -0.2) is 109 Å². The summed E-state index contributed by atoms with van der Waals surface area (Å²) in [6.45, 7) is 3.04. The number of hydrogen-bond donors (Lipinski definition) is 9. The van der Waals surface area contributed by atoms with E-state index in [1.807, 2.05) is 6.08 Å². The maximum atomic E-state index is 13.2. The number of nitrogens with one attached hydrogen (secondary N) is 3. The number of ether oxygens (including phenoxy) is 2. The van der Waals surface area contributed by atoms with Crippen molar-refractivity contribution in [1.82, 2.24) is 16.0 Å². The largest absolute Gasteiger partial charge is 0.504 e. The highest BCUT2D eigenvalue weighted by Gasteiger charge is 2.77. The van der Waals surface area contributed by atoms with Gasteiger partial charge < -0.3 is 56.7 Å². The second-order valence-electron chi connectivity index (χ2n) is 26.1. The van der Waals surface area contributed by atoms with Crippen LogP contribution in [0.25, 0.3) is 0 Å². The van der Waals surface area contributed by atoms with Crippen LogP contribution in [0.1, 0.15) is 159 Å². The smallest absolute Gasteiger partial charge is 0.302 e. The molecular formula is C60H83N5O8S2. The standard InChI is InChI=1S/C60H83N5O8S2/c1-34(66)72-48-28-41(67)18-23-56-22-17-35-5-3-21-58(30-42(19-24-63-58)73-49-27-37(26-44(35)48)45(54(70)71)29-47(49)68)51-16-14-43(31-62-51)75-74-33-59(65-55(61)64-50(56)7-2-8-52(56)69)32-57-20-4-6-40(57)25-36-9-10-38-11-12-39-13-15-46(57)53(36)60(38,39)59/h2,7,25,27,29,35,38-44,46,48,50-54,62-63,67-71H,3-6,8-16,18-21,23-24,26,28,30-33H2,1H3,(H3,61,64,65)/t35-,38-,39+,40+,41-,42-,43+,44+,46-,48-,50+,51+,52+,53-,56+,57+,58-,59-,60+/m0/s1. The minimum Gasteiger partial charge on any atom is -0.504 e. The number of fused-ring (bicyclic) bond motifs is 8. The van der Waals surface area contributed by atoms with Crippen molar-refractivity contribution in [3.05, 3.63) is 47.1 Å². The average Bonchev–Trinajstić information content (AvgIpc) is 3.99. The summed E-state index contributed by atoms with van der Waals surface area (Å²) in [6.07, 6.45) is 22.1. The highest BCUT2D eigenvalue weighted by Crippen LogP contribution is 2.80. The summed E-state index contributed by atoms with van der Waals surface area (Å²) in [4.78, 5) is 18.7. The van der Waals surface area contributed by atoms with Gasteiger partial charge in [0.15, 0.2) is 23.7 Å². The van der Waals surface area contributed by atoms with Crippen LogP contribution in [0.5, 0.6) is 11.5 Å². The Kier molecular flexibility index (Phi) is 13.5. The van der Waals surface area contributed by atoms with Crippen molar-refractivity contribution in [2.24, 2.45) is 68.4 Å². The molecule has 1 aromatic rings. The lowest BCUT2D eigenvalue weighted by Gasteiger charge is -2.74. The number of aromatic hydroxyl groups is 1. The number of hydrogen-bond acceptors (Lipinski definition) is 15. The first-order valence-corrected chi connectivity index (χ1v) is 31.8. The van der Waals surface area contributed by atoms with Crippen LogP contribution >= 0.6 is 21.6 Å². The van der Waals surface area contributed by atoms with Gasteiger partial charge in [0.25, 0.3) is 0 Å². The Morgan fingerprint density at radius 1 is 1.00 bits per heavy atom. The van der Waals surface area contributed by atoms with Crippen LogP contribution in [0.2, 0.25) is 0 Å². The zero-order valence-electron chi connectivity index (χ0n) is 44.0. The van der Waals surface area contributed by atoms with Gasteiger partial charge in [-0.3, -0.25) is 4.79 Å². The van der Waals surface area contributed by atoms with Crippen LogP contribution in [-0.2, 0) is 16.0 Å². The third-order valence-corrected chi connectivity index (χ3v) is 25.8. The molecule has 0 aromatic heterocycles. The predicted octanol–water partition coefficient (Wildman–Crippen LogP) is 7.48. The van der Waals surface area contributed by atoms with Crippen LogP contribution in [0.15, 0.2) is 40.9 Å². The fourth-order valence-corrected chi connectivity index (χ4v) is 23.1. The van der Waals surface area contributed by atoms with Crippen molar-refractivity contribution in [3.63, 3.8) is 0 Å². The van der Waals surface area contributed by atoms with Gasteiger partial charge in [-0.15, -0.1) is 0 Å². The number of aliphatic hydroxyl groups excluding tert-OH is 3. The highest BCUT2D eigenvalue weighted by molar-refractivity contribution is 8.77. The maximum Gasteiger partial charge on any atom is 0.302 e. The van der Waals surface area contributed by atoms with Gasteiger partial charge in [-0.2, -0.15) is 0 Å². The van der Waals surface area contributed by atoms with Gasteiger partial charge in [-0.05, 0) is 175 Å². The number of esters is 1. The van der Waals surface area contributed by atoms with Crippen LogP contribution in [0, 0.1) is 69.5 Å². The zero-order chi connectivity index (χ0) is 51.5. The van der Waals surface area contributed by atoms with E-state index in [2.05, 4.69) is 61.5 Å². The van der Waals surface area contributed by atoms with E-state index < -0.39 is 53.9 Å². The molecule has 12 bridgehead atoms. The van der Waals surface area contributed by atoms with Crippen molar-refractivity contribution in [2.75, 3.05) is 18.8 Å². The number of aliphatic imine (C=N–C) groups is 1. The monoisotopic (exact) mass is 1070 g/mol. The number of carbonyl (C=O) groups is 1. The molecule has 5 spiro atoms. The molecule has 10 N–H and O–H groups in total. The molecule has 408 valence electrons. The van der Waals surface area contributed by atoms with Crippen molar-refractivity contribution >= 4 is 33.5 Å². The number of piperidine rings is 2. The first-order chi connectivity index (χ1) is 36.2. The maximum absolute atomic E-state index is 13.2. The second-order valence-corrected chi connectivity index (χ2v) is 28.7. The normalized spacial score (nSPS) is 46.9. The van der Waals surface area contributed by atoms with Crippen molar-refractivity contribution < 1.29 is 39.8 Å². The molecule has 5 aliphatic heterocycles. The molecule has 0 amide bonds. The molecule has 8 aliphatic carbocycles. The second kappa shape index (κ2) is 19.7. The lowest BCUT2D eigenvalue weighted by molar-refractivity contribution is -0.196. The minimum atomic E-state index is -1.90. The first kappa shape index (κ1) is 51.5. The van der Waals surface area contributed by atoms with E-state index >= 15 is 0 Å². The Labute approximate surface area is 452 Å². The topological polar surface area (TPSA) is 211 Å². The van der Waals surface area contributed by atoms with Crippen molar-refractivity contribution in [2.45, 2.75) is 207 Å². The van der Waals surface area contributed by atoms with Gasteiger partial charge in [0.2, 0.25) is 0 Å². The van der Waals surface area contributed by atoms with E-state index in [0.29, 0.717) is 59.7 Å². The van der Waals surface area contributed by atoms with Crippen LogP contribution < -0.4 is 26.4 Å². The molecule has 75 heavy (non-hydrogen) atoms. The predicted molar refractivity (Wildman–Crippen MR) is 292 cm³/mol. The molecule has 5 saturated carbocycles. The number of aliphatic hydroxyl groups is 4. The summed E-state index contributed by atoms with van der Waals surface area (Å²) in [7, 11) is 4.18. The molecule has 0 unspecified atom stereocenters. The molecule has 2 saturated heterocycles. The minimum absolute atomic E-state index is 0.0864. The van der Waals surface area contributed by atoms with Crippen molar-refractivity contribution in [3.8, 4) is 23.3 Å². The molecule has 1 aromatic carbocycles. The number of carbonyl (C=O) groups excluding carboxylic acids is 1. The molecule has 5 heterocycles. The van der Waals surface area contributed by atoms with Crippen molar-refractivity contribution in [1.29, 1.82) is 0 Å². The lowest BCUT2D eigenvalue weighted by atomic mass is 9.32. The molecule has 14 rings (SSSR count). The summed E-state index contributed by atoms with van der Waals surface area (Å²) in [6, 6.07) is 2.69. The number of nitrogens with zero attached hydrogens (tertiary/aromatic N) is 1. The fraction of sp³-hybridized carbons (Fsp3) is 0.767.